The van der Waals surface area contributed by atoms with E-state index in [-0.39, 0.29) is 5.91 Å². The molecule has 0 aliphatic heterocycles. The SMILES string of the molecule is CCN(C(=O)OC(C)(C)C)[C@@H](Cc1ccccc1)C(=O)Nc1ccc(SCc2ccccc2)cc1. The van der Waals surface area contributed by atoms with Gasteiger partial charge < -0.3 is 10.1 Å². The van der Waals surface area contributed by atoms with Crippen molar-refractivity contribution >= 4 is 29.4 Å². The Morgan fingerprint density at radius 3 is 2.00 bits per heavy atom. The molecule has 6 heteroatoms. The van der Waals surface area contributed by atoms with Crippen LogP contribution in [-0.2, 0) is 21.7 Å². The Labute approximate surface area is 212 Å². The Bertz CT molecular complexity index is 1080. The lowest BCUT2D eigenvalue weighted by molar-refractivity contribution is -0.121. The van der Waals surface area contributed by atoms with Gasteiger partial charge in [0.15, 0.2) is 0 Å². The Hall–Kier alpha value is -3.25. The molecule has 1 N–H and O–H groups in total. The van der Waals surface area contributed by atoms with Gasteiger partial charge in [0.2, 0.25) is 5.91 Å². The van der Waals surface area contributed by atoms with Crippen molar-refractivity contribution < 1.29 is 14.3 Å². The molecule has 3 aromatic rings. The van der Waals surface area contributed by atoms with Gasteiger partial charge in [0.1, 0.15) is 11.6 Å². The highest BCUT2D eigenvalue weighted by molar-refractivity contribution is 7.98. The van der Waals surface area contributed by atoms with E-state index in [9.17, 15) is 9.59 Å². The van der Waals surface area contributed by atoms with Gasteiger partial charge in [-0.25, -0.2) is 4.79 Å². The molecule has 35 heavy (non-hydrogen) atoms. The highest BCUT2D eigenvalue weighted by atomic mass is 32.2. The summed E-state index contributed by atoms with van der Waals surface area (Å²) in [4.78, 5) is 29.0. The van der Waals surface area contributed by atoms with Crippen molar-refractivity contribution in [2.45, 2.75) is 56.4 Å². The summed E-state index contributed by atoms with van der Waals surface area (Å²) in [5, 5.41) is 3.00. The minimum absolute atomic E-state index is 0.244. The van der Waals surface area contributed by atoms with Crippen molar-refractivity contribution in [2.24, 2.45) is 0 Å². The number of amides is 2. The van der Waals surface area contributed by atoms with Crippen LogP contribution in [0.5, 0.6) is 0 Å². The molecule has 0 saturated heterocycles. The molecule has 0 aliphatic rings. The molecule has 0 fully saturated rings. The maximum absolute atomic E-state index is 13.4. The molecule has 0 spiro atoms. The first-order valence-electron chi connectivity index (χ1n) is 11.9. The standard InChI is InChI=1S/C29H34N2O3S/c1-5-31(28(33)34-29(2,3)4)26(20-22-12-8-6-9-13-22)27(32)30-24-16-18-25(19-17-24)35-21-23-14-10-7-11-15-23/h6-19,26H,5,20-21H2,1-4H3,(H,30,32)/t26-/m0/s1. The van der Waals surface area contributed by atoms with Crippen molar-refractivity contribution in [1.29, 1.82) is 0 Å². The van der Waals surface area contributed by atoms with E-state index < -0.39 is 17.7 Å². The van der Waals surface area contributed by atoms with E-state index in [0.29, 0.717) is 18.7 Å². The number of carbonyl (C=O) groups excluding carboxylic acids is 2. The van der Waals surface area contributed by atoms with E-state index in [1.54, 1.807) is 11.8 Å². The zero-order chi connectivity index (χ0) is 25.3. The molecule has 0 aromatic heterocycles. The van der Waals surface area contributed by atoms with Crippen LogP contribution in [0, 0.1) is 0 Å². The molecule has 0 saturated carbocycles. The molecule has 0 aliphatic carbocycles. The zero-order valence-electron chi connectivity index (χ0n) is 20.9. The molecule has 0 bridgehead atoms. The average molecular weight is 491 g/mol. The fourth-order valence-corrected chi connectivity index (χ4v) is 4.43. The Kier molecular flexibility index (Phi) is 9.38. The number of benzene rings is 3. The predicted molar refractivity (Wildman–Crippen MR) is 144 cm³/mol. The van der Waals surface area contributed by atoms with Crippen molar-refractivity contribution in [1.82, 2.24) is 4.90 Å². The molecule has 0 radical (unpaired) electrons. The number of ether oxygens (including phenoxy) is 1. The van der Waals surface area contributed by atoms with Crippen LogP contribution in [0.2, 0.25) is 0 Å². The quantitative estimate of drug-likeness (QED) is 0.336. The van der Waals surface area contributed by atoms with Gasteiger partial charge in [-0.2, -0.15) is 0 Å². The number of carbonyl (C=O) groups is 2. The number of hydrogen-bond acceptors (Lipinski definition) is 4. The van der Waals surface area contributed by atoms with Crippen LogP contribution in [0.3, 0.4) is 0 Å². The van der Waals surface area contributed by atoms with E-state index in [2.05, 4.69) is 17.4 Å². The van der Waals surface area contributed by atoms with Gasteiger partial charge in [0, 0.05) is 29.3 Å². The largest absolute Gasteiger partial charge is 0.444 e. The number of nitrogens with one attached hydrogen (secondary N) is 1. The lowest BCUT2D eigenvalue weighted by Gasteiger charge is -2.32. The van der Waals surface area contributed by atoms with Crippen LogP contribution in [0.4, 0.5) is 10.5 Å². The number of anilines is 1. The Morgan fingerprint density at radius 2 is 1.46 bits per heavy atom. The third-order valence-electron chi connectivity index (χ3n) is 5.29. The highest BCUT2D eigenvalue weighted by Gasteiger charge is 2.32. The maximum atomic E-state index is 13.4. The first kappa shape index (κ1) is 26.4. The van der Waals surface area contributed by atoms with E-state index in [1.807, 2.05) is 100 Å². The van der Waals surface area contributed by atoms with Crippen LogP contribution in [0.25, 0.3) is 0 Å². The lowest BCUT2D eigenvalue weighted by Crippen LogP contribution is -2.50. The van der Waals surface area contributed by atoms with Gasteiger partial charge in [0.25, 0.3) is 0 Å². The number of likely N-dealkylation sites (N-methyl/N-ethyl adjacent to an activating group) is 1. The van der Waals surface area contributed by atoms with Crippen molar-refractivity contribution in [2.75, 3.05) is 11.9 Å². The van der Waals surface area contributed by atoms with E-state index in [4.69, 9.17) is 4.74 Å². The molecule has 184 valence electrons. The summed E-state index contributed by atoms with van der Waals surface area (Å²) < 4.78 is 5.59. The summed E-state index contributed by atoms with van der Waals surface area (Å²) in [5.74, 6) is 0.638. The molecule has 0 unspecified atom stereocenters. The molecule has 2 amide bonds. The van der Waals surface area contributed by atoms with Crippen molar-refractivity contribution in [3.8, 4) is 0 Å². The fourth-order valence-electron chi connectivity index (χ4n) is 3.58. The predicted octanol–water partition coefficient (Wildman–Crippen LogP) is 6.79. The van der Waals surface area contributed by atoms with Gasteiger partial charge in [-0.1, -0.05) is 60.7 Å². The smallest absolute Gasteiger partial charge is 0.410 e. The first-order valence-corrected chi connectivity index (χ1v) is 12.8. The summed E-state index contributed by atoms with van der Waals surface area (Å²) in [6.45, 7) is 7.68. The van der Waals surface area contributed by atoms with Crippen LogP contribution in [0.15, 0.2) is 89.8 Å². The third kappa shape index (κ3) is 8.48. The zero-order valence-corrected chi connectivity index (χ0v) is 21.7. The van der Waals surface area contributed by atoms with Crippen LogP contribution >= 0.6 is 11.8 Å². The van der Waals surface area contributed by atoms with Gasteiger partial charge in [0.05, 0.1) is 0 Å². The number of nitrogens with zero attached hydrogens (tertiary/aromatic N) is 1. The summed E-state index contributed by atoms with van der Waals surface area (Å²) in [6, 6.07) is 27.1. The van der Waals surface area contributed by atoms with Gasteiger partial charge in [-0.05, 0) is 63.1 Å². The van der Waals surface area contributed by atoms with Gasteiger partial charge in [-0.3, -0.25) is 9.69 Å². The Balaban J connectivity index is 1.72. The first-order chi connectivity index (χ1) is 16.7. The topological polar surface area (TPSA) is 58.6 Å². The summed E-state index contributed by atoms with van der Waals surface area (Å²) in [7, 11) is 0. The van der Waals surface area contributed by atoms with Crippen molar-refractivity contribution in [3.63, 3.8) is 0 Å². The van der Waals surface area contributed by atoms with Crippen molar-refractivity contribution in [3.05, 3.63) is 96.1 Å². The summed E-state index contributed by atoms with van der Waals surface area (Å²) in [5.41, 5.74) is 2.28. The van der Waals surface area contributed by atoms with E-state index in [0.717, 1.165) is 16.2 Å². The molecule has 1 atom stereocenters. The minimum Gasteiger partial charge on any atom is -0.444 e. The van der Waals surface area contributed by atoms with Crippen LogP contribution in [0.1, 0.15) is 38.8 Å². The summed E-state index contributed by atoms with van der Waals surface area (Å²) in [6.07, 6.45) is -0.103. The monoisotopic (exact) mass is 490 g/mol. The second kappa shape index (κ2) is 12.5. The second-order valence-corrected chi connectivity index (χ2v) is 10.3. The molecule has 3 aromatic carbocycles. The van der Waals surface area contributed by atoms with Gasteiger partial charge >= 0.3 is 6.09 Å². The minimum atomic E-state index is -0.704. The van der Waals surface area contributed by atoms with Crippen LogP contribution in [-0.4, -0.2) is 35.1 Å². The number of thioether (sulfide) groups is 1. The average Bonchev–Trinajstić information content (AvgIpc) is 2.83. The highest BCUT2D eigenvalue weighted by Crippen LogP contribution is 2.25. The lowest BCUT2D eigenvalue weighted by atomic mass is 10.0. The second-order valence-electron chi connectivity index (χ2n) is 9.26. The van der Waals surface area contributed by atoms with E-state index in [1.165, 1.54) is 10.5 Å². The van der Waals surface area contributed by atoms with Crippen LogP contribution < -0.4 is 5.32 Å². The number of hydrogen-bond donors (Lipinski definition) is 1. The Morgan fingerprint density at radius 1 is 0.886 bits per heavy atom. The number of rotatable bonds is 9. The molecule has 5 nitrogen and oxygen atoms in total. The summed E-state index contributed by atoms with van der Waals surface area (Å²) >= 11 is 1.74. The molecule has 0 heterocycles. The van der Waals surface area contributed by atoms with Gasteiger partial charge in [-0.15, -0.1) is 11.8 Å². The normalized spacial score (nSPS) is 12.0. The fraction of sp³-hybridized carbons (Fsp3) is 0.310. The molecular formula is C29H34N2O3S. The maximum Gasteiger partial charge on any atom is 0.410 e. The molecule has 3 rings (SSSR count). The van der Waals surface area contributed by atoms with E-state index >= 15 is 0 Å². The molecular weight excluding hydrogens is 456 g/mol. The third-order valence-corrected chi connectivity index (χ3v) is 6.37.